The summed E-state index contributed by atoms with van der Waals surface area (Å²) in [6.07, 6.45) is 1.32. The van der Waals surface area contributed by atoms with Crippen LogP contribution in [0.25, 0.3) is 0 Å². The number of carbonyl (C=O) groups excluding carboxylic acids is 3. The van der Waals surface area contributed by atoms with Crippen LogP contribution in [0, 0.1) is 5.92 Å². The lowest BCUT2D eigenvalue weighted by molar-refractivity contribution is -0.127. The summed E-state index contributed by atoms with van der Waals surface area (Å²) >= 11 is 3.38. The number of nitrogens with zero attached hydrogens (tertiary/aromatic N) is 2. The van der Waals surface area contributed by atoms with E-state index in [2.05, 4.69) is 21.2 Å². The molecule has 2 saturated heterocycles. The highest BCUT2D eigenvalue weighted by Crippen LogP contribution is 2.27. The number of ether oxygens (including phenoxy) is 1. The van der Waals surface area contributed by atoms with E-state index in [1.165, 1.54) is 0 Å². The lowest BCUT2D eigenvalue weighted by Gasteiger charge is -2.32. The zero-order chi connectivity index (χ0) is 19.4. The standard InChI is InChI=1S/C19H24BrN3O4/c1-2-27-19(26)22-9-7-15(8-10-22)21-18(25)13-11-17(24)23(12-13)16-5-3-14(20)4-6-16/h3-6,13,15H,2,7-12H2,1H3,(H,21,25). The molecule has 2 heterocycles. The molecule has 0 radical (unpaired) electrons. The Morgan fingerprint density at radius 2 is 1.89 bits per heavy atom. The summed E-state index contributed by atoms with van der Waals surface area (Å²) in [5.74, 6) is -0.462. The highest BCUT2D eigenvalue weighted by Gasteiger charge is 2.36. The van der Waals surface area contributed by atoms with E-state index >= 15 is 0 Å². The molecule has 0 aromatic heterocycles. The van der Waals surface area contributed by atoms with Crippen molar-refractivity contribution in [2.24, 2.45) is 5.92 Å². The molecule has 0 spiro atoms. The second kappa shape index (κ2) is 8.73. The molecule has 3 amide bonds. The number of hydrogen-bond acceptors (Lipinski definition) is 4. The molecular weight excluding hydrogens is 414 g/mol. The Morgan fingerprint density at radius 1 is 1.22 bits per heavy atom. The summed E-state index contributed by atoms with van der Waals surface area (Å²) in [6, 6.07) is 7.53. The predicted molar refractivity (Wildman–Crippen MR) is 104 cm³/mol. The van der Waals surface area contributed by atoms with Crippen LogP contribution < -0.4 is 10.2 Å². The van der Waals surface area contributed by atoms with E-state index in [-0.39, 0.29) is 36.3 Å². The number of likely N-dealkylation sites (tertiary alicyclic amines) is 1. The Bertz CT molecular complexity index is 701. The Kier molecular flexibility index (Phi) is 6.36. The fourth-order valence-electron chi connectivity index (χ4n) is 3.49. The molecule has 146 valence electrons. The van der Waals surface area contributed by atoms with Crippen molar-refractivity contribution in [3.63, 3.8) is 0 Å². The third-order valence-corrected chi connectivity index (χ3v) is 5.53. The second-order valence-electron chi connectivity index (χ2n) is 6.85. The number of amides is 3. The van der Waals surface area contributed by atoms with Gasteiger partial charge in [0.15, 0.2) is 0 Å². The minimum Gasteiger partial charge on any atom is -0.450 e. The molecule has 2 aliphatic heterocycles. The maximum absolute atomic E-state index is 12.6. The highest BCUT2D eigenvalue weighted by molar-refractivity contribution is 9.10. The first kappa shape index (κ1) is 19.7. The van der Waals surface area contributed by atoms with Crippen molar-refractivity contribution in [3.8, 4) is 0 Å². The molecule has 1 unspecified atom stereocenters. The van der Waals surface area contributed by atoms with Crippen LogP contribution in [0.1, 0.15) is 26.2 Å². The number of rotatable bonds is 4. The molecule has 1 atom stereocenters. The molecule has 3 rings (SSSR count). The smallest absolute Gasteiger partial charge is 0.409 e. The van der Waals surface area contributed by atoms with Gasteiger partial charge < -0.3 is 19.9 Å². The summed E-state index contributed by atoms with van der Waals surface area (Å²) in [6.45, 7) is 3.68. The molecule has 7 nitrogen and oxygen atoms in total. The van der Waals surface area contributed by atoms with Gasteiger partial charge in [-0.25, -0.2) is 4.79 Å². The van der Waals surface area contributed by atoms with Crippen LogP contribution in [0.15, 0.2) is 28.7 Å². The van der Waals surface area contributed by atoms with Crippen LogP contribution in [-0.4, -0.2) is 55.1 Å². The Hall–Kier alpha value is -2.09. The van der Waals surface area contributed by atoms with Crippen molar-refractivity contribution in [2.45, 2.75) is 32.2 Å². The minimum atomic E-state index is -0.343. The van der Waals surface area contributed by atoms with Gasteiger partial charge in [-0.2, -0.15) is 0 Å². The summed E-state index contributed by atoms with van der Waals surface area (Å²) < 4.78 is 5.95. The van der Waals surface area contributed by atoms with Crippen molar-refractivity contribution in [3.05, 3.63) is 28.7 Å². The van der Waals surface area contributed by atoms with E-state index in [4.69, 9.17) is 4.74 Å². The van der Waals surface area contributed by atoms with E-state index in [0.29, 0.717) is 39.1 Å². The third-order valence-electron chi connectivity index (χ3n) is 5.00. The number of hydrogen-bond donors (Lipinski definition) is 1. The van der Waals surface area contributed by atoms with Gasteiger partial charge in [0.05, 0.1) is 12.5 Å². The van der Waals surface area contributed by atoms with Gasteiger partial charge >= 0.3 is 6.09 Å². The quantitative estimate of drug-likeness (QED) is 0.784. The molecule has 8 heteroatoms. The van der Waals surface area contributed by atoms with Crippen molar-refractivity contribution in [1.29, 1.82) is 0 Å². The molecule has 0 saturated carbocycles. The first-order chi connectivity index (χ1) is 13.0. The van der Waals surface area contributed by atoms with Gasteiger partial charge in [-0.05, 0) is 44.0 Å². The van der Waals surface area contributed by atoms with Gasteiger partial charge in [0.25, 0.3) is 0 Å². The lowest BCUT2D eigenvalue weighted by Crippen LogP contribution is -2.48. The molecule has 1 aromatic carbocycles. The van der Waals surface area contributed by atoms with Gasteiger partial charge in [-0.1, -0.05) is 15.9 Å². The summed E-state index contributed by atoms with van der Waals surface area (Å²) in [4.78, 5) is 40.0. The zero-order valence-electron chi connectivity index (χ0n) is 15.3. The minimum absolute atomic E-state index is 0.0278. The van der Waals surface area contributed by atoms with E-state index in [0.717, 1.165) is 10.2 Å². The van der Waals surface area contributed by atoms with Gasteiger partial charge in [0, 0.05) is 42.3 Å². The second-order valence-corrected chi connectivity index (χ2v) is 7.77. The first-order valence-corrected chi connectivity index (χ1v) is 10.0. The molecule has 0 bridgehead atoms. The predicted octanol–water partition coefficient (Wildman–Crippen LogP) is 2.54. The Morgan fingerprint density at radius 3 is 2.52 bits per heavy atom. The topological polar surface area (TPSA) is 79.0 Å². The highest BCUT2D eigenvalue weighted by atomic mass is 79.9. The van der Waals surface area contributed by atoms with Gasteiger partial charge in [-0.3, -0.25) is 9.59 Å². The average molecular weight is 438 g/mol. The van der Waals surface area contributed by atoms with E-state index in [9.17, 15) is 14.4 Å². The number of piperidine rings is 1. The maximum atomic E-state index is 12.6. The normalized spacial score (nSPS) is 20.7. The fourth-order valence-corrected chi connectivity index (χ4v) is 3.76. The number of benzene rings is 1. The van der Waals surface area contributed by atoms with Crippen LogP contribution in [0.2, 0.25) is 0 Å². The molecule has 0 aliphatic carbocycles. The van der Waals surface area contributed by atoms with Crippen molar-refractivity contribution < 1.29 is 19.1 Å². The van der Waals surface area contributed by atoms with Crippen LogP contribution in [-0.2, 0) is 14.3 Å². The number of anilines is 1. The molecule has 1 N–H and O–H groups in total. The largest absolute Gasteiger partial charge is 0.450 e. The summed E-state index contributed by atoms with van der Waals surface area (Å²) in [5, 5.41) is 3.05. The van der Waals surface area contributed by atoms with Crippen LogP contribution >= 0.6 is 15.9 Å². The van der Waals surface area contributed by atoms with E-state index < -0.39 is 0 Å². The third kappa shape index (κ3) is 4.80. The monoisotopic (exact) mass is 437 g/mol. The molecule has 27 heavy (non-hydrogen) atoms. The molecule has 2 aliphatic rings. The molecular formula is C19H24BrN3O4. The van der Waals surface area contributed by atoms with Crippen LogP contribution in [0.5, 0.6) is 0 Å². The first-order valence-electron chi connectivity index (χ1n) is 9.26. The number of carbonyl (C=O) groups is 3. The number of nitrogens with one attached hydrogen (secondary N) is 1. The number of halogens is 1. The Labute approximate surface area is 167 Å². The summed E-state index contributed by atoms with van der Waals surface area (Å²) in [5.41, 5.74) is 0.807. The zero-order valence-corrected chi connectivity index (χ0v) is 16.9. The lowest BCUT2D eigenvalue weighted by atomic mass is 10.0. The molecule has 1 aromatic rings. The SMILES string of the molecule is CCOC(=O)N1CCC(NC(=O)C2CC(=O)N(c3ccc(Br)cc3)C2)CC1. The Balaban J connectivity index is 1.50. The van der Waals surface area contributed by atoms with Gasteiger partial charge in [-0.15, -0.1) is 0 Å². The molecule has 2 fully saturated rings. The van der Waals surface area contributed by atoms with Gasteiger partial charge in [0.1, 0.15) is 0 Å². The maximum Gasteiger partial charge on any atom is 0.409 e. The van der Waals surface area contributed by atoms with Crippen LogP contribution in [0.4, 0.5) is 10.5 Å². The van der Waals surface area contributed by atoms with Crippen LogP contribution in [0.3, 0.4) is 0 Å². The summed E-state index contributed by atoms with van der Waals surface area (Å²) in [7, 11) is 0. The van der Waals surface area contributed by atoms with Crippen molar-refractivity contribution in [1.82, 2.24) is 10.2 Å². The van der Waals surface area contributed by atoms with Crippen molar-refractivity contribution >= 4 is 39.5 Å². The van der Waals surface area contributed by atoms with Gasteiger partial charge in [0.2, 0.25) is 11.8 Å². The average Bonchev–Trinajstić information content (AvgIpc) is 3.05. The fraction of sp³-hybridized carbons (Fsp3) is 0.526. The van der Waals surface area contributed by atoms with Crippen molar-refractivity contribution in [2.75, 3.05) is 31.1 Å². The van der Waals surface area contributed by atoms with E-state index in [1.807, 2.05) is 24.3 Å². The van der Waals surface area contributed by atoms with E-state index in [1.54, 1.807) is 16.7 Å².